The first-order valence-electron chi connectivity index (χ1n) is 8.47. The number of aryl methyl sites for hydroxylation is 2. The Morgan fingerprint density at radius 2 is 1.88 bits per heavy atom. The smallest absolute Gasteiger partial charge is 0.165 e. The van der Waals surface area contributed by atoms with E-state index in [4.69, 9.17) is 16.6 Å². The topological polar surface area (TPSA) is 43.1 Å². The number of aromatic nitrogens is 3. The summed E-state index contributed by atoms with van der Waals surface area (Å²) in [7, 11) is 0. The van der Waals surface area contributed by atoms with E-state index in [0.29, 0.717) is 5.03 Å². The molecule has 3 rings (SSSR count). The maximum absolute atomic E-state index is 6.09. The number of thiophene rings is 1. The summed E-state index contributed by atoms with van der Waals surface area (Å²) in [5, 5.41) is 10.5. The maximum atomic E-state index is 6.09. The van der Waals surface area contributed by atoms with Gasteiger partial charge in [0.05, 0.1) is 5.71 Å². The van der Waals surface area contributed by atoms with E-state index >= 15 is 0 Å². The van der Waals surface area contributed by atoms with E-state index in [2.05, 4.69) is 56.0 Å². The van der Waals surface area contributed by atoms with Crippen molar-refractivity contribution < 1.29 is 0 Å². The summed E-state index contributed by atoms with van der Waals surface area (Å²) in [5.74, 6) is 1.74. The van der Waals surface area contributed by atoms with Crippen molar-refractivity contribution >= 4 is 28.6 Å². The van der Waals surface area contributed by atoms with Gasteiger partial charge in [-0.05, 0) is 58.8 Å². The molecule has 0 saturated carbocycles. The van der Waals surface area contributed by atoms with Crippen LogP contribution in [0.3, 0.4) is 0 Å². The van der Waals surface area contributed by atoms with Crippen LogP contribution >= 0.6 is 22.9 Å². The lowest BCUT2D eigenvalue weighted by molar-refractivity contribution is 0.510. The lowest BCUT2D eigenvalue weighted by Crippen LogP contribution is -2.20. The number of hydrogen-bond donors (Lipinski definition) is 0. The molecule has 0 aliphatic carbocycles. The Kier molecular flexibility index (Phi) is 4.80. The van der Waals surface area contributed by atoms with Crippen molar-refractivity contribution in [3.05, 3.63) is 63.1 Å². The van der Waals surface area contributed by atoms with E-state index in [1.54, 1.807) is 17.4 Å². The van der Waals surface area contributed by atoms with Crippen molar-refractivity contribution in [2.75, 3.05) is 0 Å². The summed E-state index contributed by atoms with van der Waals surface area (Å²) in [6.45, 7) is 16.2. The second-order valence-corrected chi connectivity index (χ2v) is 8.63. The minimum atomic E-state index is -0.489. The molecular formula is C20H23ClN4S. The number of aliphatic imine (C=N–C) groups is 1. The number of allylic oxidation sites excluding steroid dienone is 5. The third-order valence-electron chi connectivity index (χ3n) is 4.63. The highest BCUT2D eigenvalue weighted by molar-refractivity contribution is 7.15. The quantitative estimate of drug-likeness (QED) is 0.649. The van der Waals surface area contributed by atoms with Crippen molar-refractivity contribution in [2.24, 2.45) is 4.99 Å². The van der Waals surface area contributed by atoms with E-state index in [1.807, 2.05) is 19.1 Å². The summed E-state index contributed by atoms with van der Waals surface area (Å²) in [6, 6.07) is 0. The standard InChI is InChI=1S/C20H23ClN4S/c1-8-15(21)10-9-11(2)17-16-12(3)13(4)26-18(16)25-14(5)23-24-19(25)20(6,7)22-17/h8-10H,1H2,2-7H3. The van der Waals surface area contributed by atoms with Crippen molar-refractivity contribution in [1.29, 1.82) is 0 Å². The van der Waals surface area contributed by atoms with Gasteiger partial charge in [0.2, 0.25) is 0 Å². The van der Waals surface area contributed by atoms with E-state index < -0.39 is 5.54 Å². The van der Waals surface area contributed by atoms with Gasteiger partial charge >= 0.3 is 0 Å². The zero-order valence-corrected chi connectivity index (χ0v) is 17.6. The number of halogens is 1. The van der Waals surface area contributed by atoms with Crippen LogP contribution in [0.25, 0.3) is 5.00 Å². The lowest BCUT2D eigenvalue weighted by atomic mass is 9.99. The molecule has 0 amide bonds. The highest BCUT2D eigenvalue weighted by Crippen LogP contribution is 2.40. The van der Waals surface area contributed by atoms with E-state index in [0.717, 1.165) is 33.5 Å². The summed E-state index contributed by atoms with van der Waals surface area (Å²) >= 11 is 7.85. The molecule has 0 saturated heterocycles. The van der Waals surface area contributed by atoms with Gasteiger partial charge in [-0.1, -0.05) is 30.3 Å². The van der Waals surface area contributed by atoms with Crippen LogP contribution in [0.2, 0.25) is 0 Å². The second kappa shape index (κ2) is 6.63. The molecule has 0 unspecified atom stereocenters. The Hall–Kier alpha value is -1.98. The van der Waals surface area contributed by atoms with Gasteiger partial charge in [0.25, 0.3) is 0 Å². The van der Waals surface area contributed by atoms with Crippen LogP contribution < -0.4 is 0 Å². The number of fused-ring (bicyclic) bond motifs is 3. The zero-order valence-electron chi connectivity index (χ0n) is 16.0. The van der Waals surface area contributed by atoms with Crippen LogP contribution in [-0.4, -0.2) is 20.5 Å². The normalized spacial score (nSPS) is 16.7. The van der Waals surface area contributed by atoms with Crippen LogP contribution in [0.1, 0.15) is 48.4 Å². The van der Waals surface area contributed by atoms with Crippen molar-refractivity contribution in [1.82, 2.24) is 14.8 Å². The molecule has 0 atom stereocenters. The molecule has 26 heavy (non-hydrogen) atoms. The van der Waals surface area contributed by atoms with Gasteiger partial charge in [0, 0.05) is 15.5 Å². The third-order valence-corrected chi connectivity index (χ3v) is 6.10. The second-order valence-electron chi connectivity index (χ2n) is 6.99. The van der Waals surface area contributed by atoms with Gasteiger partial charge in [0.15, 0.2) is 5.82 Å². The largest absolute Gasteiger partial charge is 0.271 e. The van der Waals surface area contributed by atoms with Crippen molar-refractivity contribution in [2.45, 2.75) is 47.1 Å². The number of nitrogens with zero attached hydrogens (tertiary/aromatic N) is 4. The summed E-state index contributed by atoms with van der Waals surface area (Å²) < 4.78 is 2.15. The van der Waals surface area contributed by atoms with Crippen LogP contribution in [0, 0.1) is 20.8 Å². The summed E-state index contributed by atoms with van der Waals surface area (Å²) in [4.78, 5) is 6.39. The molecule has 0 bridgehead atoms. The Bertz CT molecular complexity index is 986. The monoisotopic (exact) mass is 386 g/mol. The first-order valence-corrected chi connectivity index (χ1v) is 9.66. The fraction of sp³-hybridized carbons (Fsp3) is 0.350. The highest BCUT2D eigenvalue weighted by atomic mass is 35.5. The van der Waals surface area contributed by atoms with Gasteiger partial charge in [-0.3, -0.25) is 9.56 Å². The number of hydrogen-bond acceptors (Lipinski definition) is 4. The van der Waals surface area contributed by atoms with Gasteiger partial charge in [0.1, 0.15) is 16.4 Å². The van der Waals surface area contributed by atoms with Gasteiger partial charge in [-0.25, -0.2) is 0 Å². The van der Waals surface area contributed by atoms with Gasteiger partial charge in [-0.15, -0.1) is 21.5 Å². The SMILES string of the molecule is C=CC(Cl)=CC=C(C)C1=NC(C)(C)c2nnc(C)n2-c2sc(C)c(C)c21. The van der Waals surface area contributed by atoms with Crippen molar-refractivity contribution in [3.63, 3.8) is 0 Å². The fourth-order valence-corrected chi connectivity index (χ4v) is 4.34. The molecule has 0 aromatic carbocycles. The molecule has 3 heterocycles. The molecule has 6 heteroatoms. The van der Waals surface area contributed by atoms with E-state index in [1.165, 1.54) is 10.4 Å². The Morgan fingerprint density at radius 1 is 1.19 bits per heavy atom. The molecule has 0 N–H and O–H groups in total. The minimum Gasteiger partial charge on any atom is -0.271 e. The molecule has 4 nitrogen and oxygen atoms in total. The van der Waals surface area contributed by atoms with E-state index in [9.17, 15) is 0 Å². The molecule has 136 valence electrons. The molecule has 0 spiro atoms. The van der Waals surface area contributed by atoms with Crippen LogP contribution in [0.4, 0.5) is 0 Å². The maximum Gasteiger partial charge on any atom is 0.165 e. The predicted octanol–water partition coefficient (Wildman–Crippen LogP) is 5.55. The molecule has 2 aromatic rings. The predicted molar refractivity (Wildman–Crippen MR) is 111 cm³/mol. The average molecular weight is 387 g/mol. The first-order chi connectivity index (χ1) is 12.2. The molecule has 0 fully saturated rings. The average Bonchev–Trinajstić information content (AvgIpc) is 3.08. The Balaban J connectivity index is 2.33. The fourth-order valence-electron chi connectivity index (χ4n) is 3.07. The minimum absolute atomic E-state index is 0.489. The zero-order chi connectivity index (χ0) is 19.2. The molecule has 0 radical (unpaired) electrons. The summed E-state index contributed by atoms with van der Waals surface area (Å²) in [6.07, 6.45) is 5.47. The molecule has 1 aliphatic heterocycles. The summed E-state index contributed by atoms with van der Waals surface area (Å²) in [5.41, 5.74) is 3.93. The lowest BCUT2D eigenvalue weighted by Gasteiger charge is -2.18. The van der Waals surface area contributed by atoms with Crippen LogP contribution in [-0.2, 0) is 5.54 Å². The third kappa shape index (κ3) is 2.99. The number of rotatable bonds is 3. The highest BCUT2D eigenvalue weighted by Gasteiger charge is 2.35. The van der Waals surface area contributed by atoms with Crippen LogP contribution in [0.5, 0.6) is 0 Å². The van der Waals surface area contributed by atoms with Crippen molar-refractivity contribution in [3.8, 4) is 5.00 Å². The Morgan fingerprint density at radius 3 is 2.54 bits per heavy atom. The first kappa shape index (κ1) is 18.8. The Labute approximate surface area is 163 Å². The van der Waals surface area contributed by atoms with Gasteiger partial charge in [-0.2, -0.15) is 0 Å². The van der Waals surface area contributed by atoms with E-state index in [-0.39, 0.29) is 0 Å². The van der Waals surface area contributed by atoms with Crippen LogP contribution in [0.15, 0.2) is 40.4 Å². The molecular weight excluding hydrogens is 364 g/mol. The molecule has 2 aromatic heterocycles. The molecule has 1 aliphatic rings. The van der Waals surface area contributed by atoms with Gasteiger partial charge < -0.3 is 0 Å².